The average Bonchev–Trinajstić information content (AvgIpc) is 2.57. The highest BCUT2D eigenvalue weighted by atomic mass is 19.1. The molecule has 0 spiro atoms. The molecule has 5 heteroatoms. The summed E-state index contributed by atoms with van der Waals surface area (Å²) in [5, 5.41) is 6.49. The maximum Gasteiger partial charge on any atom is 0.229 e. The van der Waals surface area contributed by atoms with Crippen LogP contribution in [0.3, 0.4) is 0 Å². The smallest absolute Gasteiger partial charge is 0.229 e. The molecule has 25 heavy (non-hydrogen) atoms. The van der Waals surface area contributed by atoms with Crippen molar-refractivity contribution < 1.29 is 4.39 Å². The van der Waals surface area contributed by atoms with Crippen LogP contribution in [-0.2, 0) is 0 Å². The van der Waals surface area contributed by atoms with Crippen molar-refractivity contribution in [3.8, 4) is 0 Å². The van der Waals surface area contributed by atoms with E-state index in [4.69, 9.17) is 0 Å². The predicted molar refractivity (Wildman–Crippen MR) is 100 cm³/mol. The minimum atomic E-state index is -0.275. The van der Waals surface area contributed by atoms with Crippen molar-refractivity contribution in [1.29, 1.82) is 0 Å². The quantitative estimate of drug-likeness (QED) is 0.643. The van der Waals surface area contributed by atoms with Crippen LogP contribution in [0.15, 0.2) is 54.6 Å². The summed E-state index contributed by atoms with van der Waals surface area (Å²) in [5.74, 6) is 1.31. The van der Waals surface area contributed by atoms with E-state index in [1.54, 1.807) is 12.1 Å². The Kier molecular flexibility index (Phi) is 4.93. The van der Waals surface area contributed by atoms with Crippen LogP contribution in [0.4, 0.5) is 27.5 Å². The number of aromatic nitrogens is 2. The number of hydrogen-bond donors (Lipinski definition) is 2. The molecule has 2 N–H and O–H groups in total. The molecule has 0 aliphatic rings. The van der Waals surface area contributed by atoms with Crippen LogP contribution in [0.5, 0.6) is 0 Å². The zero-order valence-electron chi connectivity index (χ0n) is 14.5. The molecule has 0 radical (unpaired) electrons. The summed E-state index contributed by atoms with van der Waals surface area (Å²) in [4.78, 5) is 8.91. The van der Waals surface area contributed by atoms with Gasteiger partial charge < -0.3 is 10.6 Å². The van der Waals surface area contributed by atoms with Gasteiger partial charge in [0.1, 0.15) is 11.6 Å². The molecule has 0 amide bonds. The highest BCUT2D eigenvalue weighted by molar-refractivity contribution is 5.63. The molecule has 1 heterocycles. The van der Waals surface area contributed by atoms with Crippen molar-refractivity contribution in [2.45, 2.75) is 26.7 Å². The number of halogens is 1. The van der Waals surface area contributed by atoms with Gasteiger partial charge in [0.15, 0.2) is 0 Å². The molecule has 3 aromatic rings. The fourth-order valence-corrected chi connectivity index (χ4v) is 2.60. The third-order valence-electron chi connectivity index (χ3n) is 3.80. The normalized spacial score (nSPS) is 10.8. The highest BCUT2D eigenvalue weighted by Crippen LogP contribution is 2.27. The van der Waals surface area contributed by atoms with Crippen LogP contribution in [0.25, 0.3) is 0 Å². The Labute approximate surface area is 147 Å². The Bertz CT molecular complexity index is 860. The van der Waals surface area contributed by atoms with Gasteiger partial charge in [-0.1, -0.05) is 32.0 Å². The number of aryl methyl sites for hydroxylation is 1. The van der Waals surface area contributed by atoms with Crippen LogP contribution in [0, 0.1) is 12.7 Å². The molecule has 0 unspecified atom stereocenters. The standard InChI is InChI=1S/C20H21FN4/c1-13(2)17-6-4-5-7-18(17)24-19-12-14(3)22-20(25-19)23-16-10-8-15(21)9-11-16/h4-13H,1-3H3,(H2,22,23,24,25). The number of nitrogens with one attached hydrogen (secondary N) is 2. The topological polar surface area (TPSA) is 49.8 Å². The molecule has 0 saturated carbocycles. The molecule has 0 aliphatic carbocycles. The Morgan fingerprint density at radius 3 is 2.36 bits per heavy atom. The lowest BCUT2D eigenvalue weighted by atomic mass is 10.0. The van der Waals surface area contributed by atoms with E-state index in [0.717, 1.165) is 17.1 Å². The molecule has 2 aromatic carbocycles. The Balaban J connectivity index is 1.86. The van der Waals surface area contributed by atoms with Gasteiger partial charge >= 0.3 is 0 Å². The first-order valence-electron chi connectivity index (χ1n) is 8.25. The molecule has 0 aliphatic heterocycles. The second-order valence-corrected chi connectivity index (χ2v) is 6.22. The van der Waals surface area contributed by atoms with E-state index < -0.39 is 0 Å². The lowest BCUT2D eigenvalue weighted by molar-refractivity contribution is 0.628. The van der Waals surface area contributed by atoms with Crippen LogP contribution < -0.4 is 10.6 Å². The van der Waals surface area contributed by atoms with Crippen LogP contribution in [0.1, 0.15) is 31.0 Å². The highest BCUT2D eigenvalue weighted by Gasteiger charge is 2.08. The summed E-state index contributed by atoms with van der Waals surface area (Å²) in [6, 6.07) is 16.2. The first-order chi connectivity index (χ1) is 12.0. The largest absolute Gasteiger partial charge is 0.340 e. The number of rotatable bonds is 5. The van der Waals surface area contributed by atoms with Crippen molar-refractivity contribution in [2.75, 3.05) is 10.6 Å². The van der Waals surface area contributed by atoms with E-state index in [1.165, 1.54) is 17.7 Å². The van der Waals surface area contributed by atoms with Crippen LogP contribution in [-0.4, -0.2) is 9.97 Å². The number of anilines is 4. The van der Waals surface area contributed by atoms with E-state index in [-0.39, 0.29) is 5.82 Å². The predicted octanol–water partition coefficient (Wildman–Crippen LogP) is 5.53. The van der Waals surface area contributed by atoms with Gasteiger partial charge in [-0.05, 0) is 48.7 Å². The van der Waals surface area contributed by atoms with E-state index in [1.807, 2.05) is 31.2 Å². The third-order valence-corrected chi connectivity index (χ3v) is 3.80. The van der Waals surface area contributed by atoms with Gasteiger partial charge in [0, 0.05) is 23.1 Å². The fourth-order valence-electron chi connectivity index (χ4n) is 2.60. The SMILES string of the molecule is Cc1cc(Nc2ccccc2C(C)C)nc(Nc2ccc(F)cc2)n1. The average molecular weight is 336 g/mol. The number of hydrogen-bond acceptors (Lipinski definition) is 4. The van der Waals surface area contributed by atoms with Crippen molar-refractivity contribution in [3.63, 3.8) is 0 Å². The van der Waals surface area contributed by atoms with Crippen molar-refractivity contribution in [1.82, 2.24) is 9.97 Å². The maximum absolute atomic E-state index is 13.0. The molecule has 128 valence electrons. The number of nitrogens with zero attached hydrogens (tertiary/aromatic N) is 2. The molecule has 0 bridgehead atoms. The second-order valence-electron chi connectivity index (χ2n) is 6.22. The summed E-state index contributed by atoms with van der Waals surface area (Å²) < 4.78 is 13.0. The Morgan fingerprint density at radius 2 is 1.64 bits per heavy atom. The molecular weight excluding hydrogens is 315 g/mol. The van der Waals surface area contributed by atoms with Gasteiger partial charge in [-0.15, -0.1) is 0 Å². The van der Waals surface area contributed by atoms with Crippen LogP contribution >= 0.6 is 0 Å². The van der Waals surface area contributed by atoms with E-state index in [0.29, 0.717) is 17.7 Å². The Morgan fingerprint density at radius 1 is 0.920 bits per heavy atom. The van der Waals surface area contributed by atoms with Gasteiger partial charge in [-0.2, -0.15) is 4.98 Å². The zero-order chi connectivity index (χ0) is 17.8. The first kappa shape index (κ1) is 16.9. The summed E-state index contributed by atoms with van der Waals surface area (Å²) in [7, 11) is 0. The minimum absolute atomic E-state index is 0.275. The summed E-state index contributed by atoms with van der Waals surface area (Å²) in [6.45, 7) is 6.23. The lowest BCUT2D eigenvalue weighted by Crippen LogP contribution is -2.04. The molecule has 1 aromatic heterocycles. The molecule has 4 nitrogen and oxygen atoms in total. The summed E-state index contributed by atoms with van der Waals surface area (Å²) >= 11 is 0. The molecule has 3 rings (SSSR count). The van der Waals surface area contributed by atoms with Gasteiger partial charge in [0.2, 0.25) is 5.95 Å². The van der Waals surface area contributed by atoms with Gasteiger partial charge in [-0.25, -0.2) is 9.37 Å². The molecular formula is C20H21FN4. The minimum Gasteiger partial charge on any atom is -0.340 e. The monoisotopic (exact) mass is 336 g/mol. The van der Waals surface area contributed by atoms with Gasteiger partial charge in [0.25, 0.3) is 0 Å². The maximum atomic E-state index is 13.0. The Hall–Kier alpha value is -2.95. The van der Waals surface area contributed by atoms with Crippen LogP contribution in [0.2, 0.25) is 0 Å². The number of para-hydroxylation sites is 1. The van der Waals surface area contributed by atoms with E-state index >= 15 is 0 Å². The van der Waals surface area contributed by atoms with Crippen molar-refractivity contribution in [3.05, 3.63) is 71.7 Å². The summed E-state index contributed by atoms with van der Waals surface area (Å²) in [6.07, 6.45) is 0. The van der Waals surface area contributed by atoms with Gasteiger partial charge in [-0.3, -0.25) is 0 Å². The number of benzene rings is 2. The van der Waals surface area contributed by atoms with E-state index in [2.05, 4.69) is 40.5 Å². The summed E-state index contributed by atoms with van der Waals surface area (Å²) in [5.41, 5.74) is 3.83. The lowest BCUT2D eigenvalue weighted by Gasteiger charge is -2.15. The van der Waals surface area contributed by atoms with Crippen molar-refractivity contribution in [2.24, 2.45) is 0 Å². The first-order valence-corrected chi connectivity index (χ1v) is 8.25. The van der Waals surface area contributed by atoms with E-state index in [9.17, 15) is 4.39 Å². The van der Waals surface area contributed by atoms with Gasteiger partial charge in [0.05, 0.1) is 0 Å². The second kappa shape index (κ2) is 7.30. The molecule has 0 atom stereocenters. The van der Waals surface area contributed by atoms with Crippen molar-refractivity contribution >= 4 is 23.1 Å². The molecule has 0 saturated heterocycles. The third kappa shape index (κ3) is 4.32. The zero-order valence-corrected chi connectivity index (χ0v) is 14.5. The molecule has 0 fully saturated rings. The fraction of sp³-hybridized carbons (Fsp3) is 0.200.